The molecule has 0 aromatic heterocycles. The van der Waals surface area contributed by atoms with E-state index in [-0.39, 0.29) is 0 Å². The summed E-state index contributed by atoms with van der Waals surface area (Å²) in [6.07, 6.45) is 6.71. The molecule has 19 heavy (non-hydrogen) atoms. The summed E-state index contributed by atoms with van der Waals surface area (Å²) < 4.78 is 13.3. The van der Waals surface area contributed by atoms with Crippen molar-refractivity contribution in [2.24, 2.45) is 11.8 Å². The Labute approximate surface area is 117 Å². The molecule has 0 radical (unpaired) electrons. The molecule has 1 saturated carbocycles. The molecule has 3 fully saturated rings. The third-order valence-electron chi connectivity index (χ3n) is 5.64. The summed E-state index contributed by atoms with van der Waals surface area (Å²) in [6.45, 7) is 8.53. The van der Waals surface area contributed by atoms with Gasteiger partial charge in [-0.15, -0.1) is 0 Å². The molecular weight excluding hydrogens is 239 g/mol. The van der Waals surface area contributed by atoms with Crippen LogP contribution in [0.15, 0.2) is 0 Å². The Hall–Kier alpha value is -0.150. The number of rotatable bonds is 2. The van der Waals surface area contributed by atoms with Crippen molar-refractivity contribution >= 4 is 0 Å². The molecule has 3 aliphatic rings. The van der Waals surface area contributed by atoms with Crippen LogP contribution in [0.25, 0.3) is 0 Å². The van der Waals surface area contributed by atoms with E-state index in [0.717, 1.165) is 37.5 Å². The predicted molar refractivity (Wildman–Crippen MR) is 76.8 cm³/mol. The number of halogens is 1. The number of nitrogens with zero attached hydrogens (tertiary/aromatic N) is 2. The normalized spacial score (nSPS) is 45.3. The van der Waals surface area contributed by atoms with Crippen molar-refractivity contribution in [3.05, 3.63) is 0 Å². The highest BCUT2D eigenvalue weighted by molar-refractivity contribution is 4.94. The van der Waals surface area contributed by atoms with Crippen LogP contribution in [0.1, 0.15) is 52.4 Å². The topological polar surface area (TPSA) is 6.48 Å². The highest BCUT2D eigenvalue weighted by atomic mass is 19.1. The molecule has 2 heterocycles. The first-order valence-electron chi connectivity index (χ1n) is 8.29. The van der Waals surface area contributed by atoms with Gasteiger partial charge in [-0.1, -0.05) is 6.92 Å². The fourth-order valence-electron chi connectivity index (χ4n) is 4.59. The van der Waals surface area contributed by atoms with Gasteiger partial charge in [-0.25, -0.2) is 4.39 Å². The zero-order valence-corrected chi connectivity index (χ0v) is 12.5. The van der Waals surface area contributed by atoms with Gasteiger partial charge in [-0.2, -0.15) is 0 Å². The second-order valence-electron chi connectivity index (χ2n) is 7.19. The first-order chi connectivity index (χ1) is 9.15. The van der Waals surface area contributed by atoms with Crippen LogP contribution in [-0.4, -0.2) is 47.8 Å². The maximum absolute atomic E-state index is 13.3. The van der Waals surface area contributed by atoms with Crippen LogP contribution in [0.5, 0.6) is 0 Å². The fraction of sp³-hybridized carbons (Fsp3) is 1.00. The molecule has 0 N–H and O–H groups in total. The Morgan fingerprint density at radius 3 is 2.53 bits per heavy atom. The van der Waals surface area contributed by atoms with Crippen molar-refractivity contribution in [3.8, 4) is 0 Å². The van der Waals surface area contributed by atoms with Crippen molar-refractivity contribution < 1.29 is 4.39 Å². The summed E-state index contributed by atoms with van der Waals surface area (Å²) in [7, 11) is 0. The summed E-state index contributed by atoms with van der Waals surface area (Å²) in [5, 5.41) is 0. The summed E-state index contributed by atoms with van der Waals surface area (Å²) >= 11 is 0. The molecule has 2 aliphatic heterocycles. The maximum atomic E-state index is 13.3. The van der Waals surface area contributed by atoms with Crippen molar-refractivity contribution in [1.82, 2.24) is 9.80 Å². The quantitative estimate of drug-likeness (QED) is 0.758. The van der Waals surface area contributed by atoms with E-state index in [2.05, 4.69) is 23.6 Å². The van der Waals surface area contributed by atoms with E-state index in [0.29, 0.717) is 12.2 Å². The van der Waals surface area contributed by atoms with Gasteiger partial charge >= 0.3 is 0 Å². The van der Waals surface area contributed by atoms with Crippen LogP contribution < -0.4 is 0 Å². The summed E-state index contributed by atoms with van der Waals surface area (Å²) in [4.78, 5) is 5.44. The lowest BCUT2D eigenvalue weighted by Crippen LogP contribution is -2.49. The molecule has 3 atom stereocenters. The van der Waals surface area contributed by atoms with Gasteiger partial charge in [0.15, 0.2) is 0 Å². The van der Waals surface area contributed by atoms with Crippen LogP contribution in [0.3, 0.4) is 0 Å². The van der Waals surface area contributed by atoms with Crippen molar-refractivity contribution in [2.45, 2.75) is 70.8 Å². The molecule has 3 unspecified atom stereocenters. The van der Waals surface area contributed by atoms with Gasteiger partial charge in [0.05, 0.1) is 6.17 Å². The summed E-state index contributed by atoms with van der Waals surface area (Å²) in [5.74, 6) is 1.54. The SMILES string of the molecule is CC1CCCN2CC(C)N(CC3CCC(F)CC3)C12. The zero-order valence-electron chi connectivity index (χ0n) is 12.5. The highest BCUT2D eigenvalue weighted by Crippen LogP contribution is 2.35. The largest absolute Gasteiger partial charge is 0.286 e. The summed E-state index contributed by atoms with van der Waals surface area (Å²) in [6, 6.07) is 0.689. The third kappa shape index (κ3) is 2.82. The number of alkyl halides is 1. The number of piperidine rings is 1. The lowest BCUT2D eigenvalue weighted by molar-refractivity contribution is 0.0277. The molecule has 0 spiro atoms. The van der Waals surface area contributed by atoms with Crippen molar-refractivity contribution in [3.63, 3.8) is 0 Å². The molecular formula is C16H29FN2. The molecule has 3 rings (SSSR count). The predicted octanol–water partition coefficient (Wildman–Crippen LogP) is 3.28. The second-order valence-corrected chi connectivity index (χ2v) is 7.19. The number of fused-ring (bicyclic) bond motifs is 1. The van der Waals surface area contributed by atoms with Crippen molar-refractivity contribution in [2.75, 3.05) is 19.6 Å². The van der Waals surface area contributed by atoms with Gasteiger partial charge in [-0.05, 0) is 63.8 Å². The van der Waals surface area contributed by atoms with E-state index in [1.165, 1.54) is 32.5 Å². The minimum Gasteiger partial charge on any atom is -0.286 e. The average molecular weight is 268 g/mol. The Morgan fingerprint density at radius 1 is 1.05 bits per heavy atom. The summed E-state index contributed by atoms with van der Waals surface area (Å²) in [5.41, 5.74) is 0. The lowest BCUT2D eigenvalue weighted by Gasteiger charge is -2.41. The van der Waals surface area contributed by atoms with E-state index in [9.17, 15) is 4.39 Å². The van der Waals surface area contributed by atoms with E-state index in [4.69, 9.17) is 0 Å². The van der Waals surface area contributed by atoms with E-state index in [1.54, 1.807) is 0 Å². The zero-order chi connectivity index (χ0) is 13.4. The first kappa shape index (κ1) is 13.8. The number of hydrogen-bond acceptors (Lipinski definition) is 2. The Balaban J connectivity index is 1.62. The molecule has 0 amide bonds. The minimum atomic E-state index is -0.516. The van der Waals surface area contributed by atoms with Crippen molar-refractivity contribution in [1.29, 1.82) is 0 Å². The van der Waals surface area contributed by atoms with Crippen LogP contribution in [-0.2, 0) is 0 Å². The van der Waals surface area contributed by atoms with Crippen LogP contribution in [0, 0.1) is 11.8 Å². The maximum Gasteiger partial charge on any atom is 0.100 e. The van der Waals surface area contributed by atoms with E-state index in [1.807, 2.05) is 0 Å². The van der Waals surface area contributed by atoms with E-state index >= 15 is 0 Å². The second kappa shape index (κ2) is 5.69. The molecule has 3 heteroatoms. The molecule has 2 saturated heterocycles. The van der Waals surface area contributed by atoms with Crippen LogP contribution in [0.4, 0.5) is 4.39 Å². The number of hydrogen-bond donors (Lipinski definition) is 0. The van der Waals surface area contributed by atoms with Crippen LogP contribution in [0.2, 0.25) is 0 Å². The smallest absolute Gasteiger partial charge is 0.100 e. The highest BCUT2D eigenvalue weighted by Gasteiger charge is 2.42. The third-order valence-corrected chi connectivity index (χ3v) is 5.64. The van der Waals surface area contributed by atoms with Gasteiger partial charge in [0.25, 0.3) is 0 Å². The first-order valence-corrected chi connectivity index (χ1v) is 8.29. The molecule has 0 aromatic rings. The van der Waals surface area contributed by atoms with Crippen LogP contribution >= 0.6 is 0 Å². The Bertz CT molecular complexity index is 301. The Morgan fingerprint density at radius 2 is 1.79 bits per heavy atom. The molecule has 1 aliphatic carbocycles. The van der Waals surface area contributed by atoms with Gasteiger partial charge in [0, 0.05) is 19.1 Å². The van der Waals surface area contributed by atoms with Gasteiger partial charge < -0.3 is 0 Å². The molecule has 0 aromatic carbocycles. The monoisotopic (exact) mass is 268 g/mol. The standard InChI is InChI=1S/C16H29FN2/c1-12-4-3-9-18-10-13(2)19(16(12)18)11-14-5-7-15(17)8-6-14/h12-16H,3-11H2,1-2H3. The molecule has 110 valence electrons. The fourth-order valence-corrected chi connectivity index (χ4v) is 4.59. The van der Waals surface area contributed by atoms with Gasteiger partial charge in [0.1, 0.15) is 6.17 Å². The van der Waals surface area contributed by atoms with Gasteiger partial charge in [0.2, 0.25) is 0 Å². The Kier molecular flexibility index (Phi) is 4.14. The average Bonchev–Trinajstić information content (AvgIpc) is 2.70. The minimum absolute atomic E-state index is 0.516. The van der Waals surface area contributed by atoms with Gasteiger partial charge in [-0.3, -0.25) is 9.80 Å². The molecule has 2 nitrogen and oxygen atoms in total. The van der Waals surface area contributed by atoms with E-state index < -0.39 is 6.17 Å². The molecule has 0 bridgehead atoms. The lowest BCUT2D eigenvalue weighted by atomic mass is 9.87.